The third-order valence-electron chi connectivity index (χ3n) is 6.16. The van der Waals surface area contributed by atoms with Gasteiger partial charge in [0.2, 0.25) is 0 Å². The van der Waals surface area contributed by atoms with Crippen LogP contribution in [0.2, 0.25) is 10.0 Å². The van der Waals surface area contributed by atoms with Crippen molar-refractivity contribution in [3.8, 4) is 6.07 Å². The molecule has 0 bridgehead atoms. The first-order valence-corrected chi connectivity index (χ1v) is 11.2. The molecule has 0 amide bonds. The molecule has 1 saturated heterocycles. The van der Waals surface area contributed by atoms with Crippen LogP contribution in [0.3, 0.4) is 0 Å². The van der Waals surface area contributed by atoms with Gasteiger partial charge in [0, 0.05) is 22.0 Å². The second-order valence-electron chi connectivity index (χ2n) is 9.72. The average Bonchev–Trinajstić information content (AvgIpc) is 3.04. The van der Waals surface area contributed by atoms with Gasteiger partial charge in [-0.1, -0.05) is 75.2 Å². The fraction of sp³-hybridized carbons (Fsp3) is 0.440. The minimum Gasteiger partial charge on any atom is -0.480 e. The maximum Gasteiger partial charge on any atom is 0.321 e. The van der Waals surface area contributed by atoms with E-state index >= 15 is 0 Å². The Morgan fingerprint density at radius 3 is 2.35 bits per heavy atom. The van der Waals surface area contributed by atoms with Crippen LogP contribution in [0.25, 0.3) is 0 Å². The first-order valence-electron chi connectivity index (χ1n) is 10.4. The first-order chi connectivity index (χ1) is 14.5. The van der Waals surface area contributed by atoms with E-state index in [1.165, 1.54) is 0 Å². The van der Waals surface area contributed by atoms with Crippen LogP contribution in [-0.4, -0.2) is 23.2 Å². The molecule has 5 atom stereocenters. The molecule has 6 heteroatoms. The highest BCUT2D eigenvalue weighted by Crippen LogP contribution is 2.52. The Morgan fingerprint density at radius 2 is 1.84 bits per heavy atom. The zero-order valence-electron chi connectivity index (χ0n) is 18.2. The van der Waals surface area contributed by atoms with Gasteiger partial charge in [-0.15, -0.1) is 0 Å². The van der Waals surface area contributed by atoms with Crippen molar-refractivity contribution in [2.45, 2.75) is 57.5 Å². The van der Waals surface area contributed by atoms with Crippen LogP contribution < -0.4 is 5.32 Å². The van der Waals surface area contributed by atoms with Gasteiger partial charge in [-0.05, 0) is 53.1 Å². The number of nitrogens with zero attached hydrogens (tertiary/aromatic N) is 1. The normalized spacial score (nSPS) is 26.9. The number of hydrogen-bond acceptors (Lipinski definition) is 3. The zero-order chi connectivity index (χ0) is 23.0. The number of carbonyl (C=O) groups is 1. The average molecular weight is 459 g/mol. The van der Waals surface area contributed by atoms with E-state index in [2.05, 4.69) is 39.1 Å². The summed E-state index contributed by atoms with van der Waals surface area (Å²) in [6.45, 7) is 8.54. The van der Waals surface area contributed by atoms with Crippen molar-refractivity contribution in [2.75, 3.05) is 0 Å². The van der Waals surface area contributed by atoms with Crippen LogP contribution in [-0.2, 0) is 10.2 Å². The molecule has 0 aliphatic carbocycles. The number of nitriles is 1. The Bertz CT molecular complexity index is 994. The number of carboxylic acids is 1. The van der Waals surface area contributed by atoms with Gasteiger partial charge in [0.05, 0.1) is 6.07 Å². The van der Waals surface area contributed by atoms with Crippen LogP contribution in [0.1, 0.15) is 51.2 Å². The van der Waals surface area contributed by atoms with E-state index in [1.54, 1.807) is 30.3 Å². The Hall–Kier alpha value is -2.06. The van der Waals surface area contributed by atoms with E-state index in [4.69, 9.17) is 23.2 Å². The maximum absolute atomic E-state index is 12.4. The molecule has 1 aliphatic heterocycles. The van der Waals surface area contributed by atoms with Gasteiger partial charge >= 0.3 is 5.97 Å². The molecule has 31 heavy (non-hydrogen) atoms. The van der Waals surface area contributed by atoms with E-state index in [-0.39, 0.29) is 17.4 Å². The molecule has 2 aromatic rings. The third kappa shape index (κ3) is 4.60. The molecule has 0 spiro atoms. The molecule has 4 nitrogen and oxygen atoms in total. The molecule has 1 heterocycles. The Morgan fingerprint density at radius 1 is 1.19 bits per heavy atom. The van der Waals surface area contributed by atoms with Crippen LogP contribution in [0, 0.1) is 22.7 Å². The molecule has 3 rings (SSSR count). The predicted octanol–water partition coefficient (Wildman–Crippen LogP) is 6.04. The predicted molar refractivity (Wildman–Crippen MR) is 125 cm³/mol. The quantitative estimate of drug-likeness (QED) is 0.572. The fourth-order valence-electron chi connectivity index (χ4n) is 5.23. The summed E-state index contributed by atoms with van der Waals surface area (Å²) in [7, 11) is 0. The highest BCUT2D eigenvalue weighted by atomic mass is 35.5. The zero-order valence-corrected chi connectivity index (χ0v) is 19.7. The lowest BCUT2D eigenvalue weighted by Crippen LogP contribution is -2.47. The van der Waals surface area contributed by atoms with Crippen molar-refractivity contribution < 1.29 is 9.90 Å². The molecule has 1 unspecified atom stereocenters. The van der Waals surface area contributed by atoms with Gasteiger partial charge in [0.15, 0.2) is 0 Å². The summed E-state index contributed by atoms with van der Waals surface area (Å²) in [4.78, 5) is 12.4. The summed E-state index contributed by atoms with van der Waals surface area (Å²) in [5.41, 5.74) is 0.402. The van der Waals surface area contributed by atoms with Gasteiger partial charge in [-0.25, -0.2) is 0 Å². The van der Waals surface area contributed by atoms with Crippen LogP contribution in [0.5, 0.6) is 0 Å². The lowest BCUT2D eigenvalue weighted by atomic mass is 9.62. The van der Waals surface area contributed by atoms with Crippen molar-refractivity contribution in [1.29, 1.82) is 5.26 Å². The monoisotopic (exact) mass is 458 g/mol. The van der Waals surface area contributed by atoms with Crippen molar-refractivity contribution in [1.82, 2.24) is 5.32 Å². The number of benzene rings is 2. The molecule has 2 aromatic carbocycles. The number of hydrogen-bond donors (Lipinski definition) is 2. The van der Waals surface area contributed by atoms with Gasteiger partial charge in [0.1, 0.15) is 11.5 Å². The highest BCUT2D eigenvalue weighted by molar-refractivity contribution is 6.30. The van der Waals surface area contributed by atoms with E-state index < -0.39 is 23.3 Å². The van der Waals surface area contributed by atoms with Crippen LogP contribution in [0.4, 0.5) is 0 Å². The topological polar surface area (TPSA) is 73.1 Å². The lowest BCUT2D eigenvalue weighted by molar-refractivity contribution is -0.139. The molecule has 0 aromatic heterocycles. The highest BCUT2D eigenvalue weighted by Gasteiger charge is 2.60. The second kappa shape index (κ2) is 8.82. The van der Waals surface area contributed by atoms with Gasteiger partial charge in [-0.2, -0.15) is 5.26 Å². The summed E-state index contributed by atoms with van der Waals surface area (Å²) in [6.07, 6.45) is 0.830. The molecule has 2 N–H and O–H groups in total. The lowest BCUT2D eigenvalue weighted by Gasteiger charge is -2.39. The van der Waals surface area contributed by atoms with Crippen LogP contribution >= 0.6 is 23.2 Å². The summed E-state index contributed by atoms with van der Waals surface area (Å²) in [5.74, 6) is -1.56. The smallest absolute Gasteiger partial charge is 0.321 e. The minimum atomic E-state index is -1.11. The first kappa shape index (κ1) is 23.6. The number of carboxylic acid groups (broad SMARTS) is 1. The van der Waals surface area contributed by atoms with Crippen LogP contribution in [0.15, 0.2) is 48.5 Å². The summed E-state index contributed by atoms with van der Waals surface area (Å²) >= 11 is 12.4. The Kier molecular flexibility index (Phi) is 6.72. The van der Waals surface area contributed by atoms with Crippen molar-refractivity contribution in [2.24, 2.45) is 11.3 Å². The van der Waals surface area contributed by atoms with E-state index in [9.17, 15) is 15.2 Å². The molecule has 0 saturated carbocycles. The second-order valence-corrected chi connectivity index (χ2v) is 10.6. The van der Waals surface area contributed by atoms with Gasteiger partial charge in [-0.3, -0.25) is 10.1 Å². The van der Waals surface area contributed by atoms with Gasteiger partial charge < -0.3 is 5.11 Å². The van der Waals surface area contributed by atoms with E-state index in [0.29, 0.717) is 10.0 Å². The Balaban J connectivity index is 2.27. The van der Waals surface area contributed by atoms with E-state index in [1.807, 2.05) is 18.2 Å². The summed E-state index contributed by atoms with van der Waals surface area (Å²) in [5, 5.41) is 25.3. The third-order valence-corrected chi connectivity index (χ3v) is 6.64. The number of nitrogens with one attached hydrogen (secondary N) is 1. The number of halogens is 2. The fourth-order valence-corrected chi connectivity index (χ4v) is 5.56. The molecule has 164 valence electrons. The van der Waals surface area contributed by atoms with Crippen molar-refractivity contribution in [3.05, 3.63) is 69.7 Å². The largest absolute Gasteiger partial charge is 0.480 e. The maximum atomic E-state index is 12.4. The summed E-state index contributed by atoms with van der Waals surface area (Å²) < 4.78 is 0. The molecular weight excluding hydrogens is 431 g/mol. The SMILES string of the molecule is CC(CC(C)(C)C)[C@@H]1N[C@@H](C(=O)O)[C@H](c2cccc(Cl)c2)[C@@]1(C#N)c1ccc(Cl)cc1. The van der Waals surface area contributed by atoms with Crippen molar-refractivity contribution >= 4 is 29.2 Å². The Labute approximate surface area is 194 Å². The van der Waals surface area contributed by atoms with Gasteiger partial charge in [0.25, 0.3) is 0 Å². The standard InChI is InChI=1S/C25H28Cl2N2O2/c1-15(13-24(2,3)4)22-25(14-28,17-8-10-18(26)11-9-17)20(21(29-22)23(30)31)16-6-5-7-19(27)12-16/h5-12,15,20-22,29H,13H2,1-4H3,(H,30,31)/t15?,20-,21+,22-,25+/m0/s1. The van der Waals surface area contributed by atoms with E-state index in [0.717, 1.165) is 17.5 Å². The molecular formula is C25H28Cl2N2O2. The number of aliphatic carboxylic acids is 1. The summed E-state index contributed by atoms with van der Waals surface area (Å²) in [6, 6.07) is 15.6. The van der Waals surface area contributed by atoms with Crippen molar-refractivity contribution in [3.63, 3.8) is 0 Å². The minimum absolute atomic E-state index is 0.0230. The molecule has 0 radical (unpaired) electrons. The molecule has 1 fully saturated rings. The molecule has 1 aliphatic rings. The number of rotatable bonds is 5.